The highest BCUT2D eigenvalue weighted by Crippen LogP contribution is 2.32. The summed E-state index contributed by atoms with van der Waals surface area (Å²) in [7, 11) is 2.22. The zero-order chi connectivity index (χ0) is 13.1. The molecule has 1 aromatic rings. The van der Waals surface area contributed by atoms with Crippen LogP contribution >= 0.6 is 11.8 Å². The van der Waals surface area contributed by atoms with Crippen LogP contribution in [-0.4, -0.2) is 51.0 Å². The van der Waals surface area contributed by atoms with Gasteiger partial charge in [-0.1, -0.05) is 24.6 Å². The fourth-order valence-electron chi connectivity index (χ4n) is 3.26. The summed E-state index contributed by atoms with van der Waals surface area (Å²) in [5.74, 6) is 1.94. The number of rotatable bonds is 4. The van der Waals surface area contributed by atoms with E-state index in [2.05, 4.69) is 32.2 Å². The van der Waals surface area contributed by atoms with Gasteiger partial charge in [0.25, 0.3) is 0 Å². The summed E-state index contributed by atoms with van der Waals surface area (Å²) in [4.78, 5) is 2.44. The normalized spacial score (nSPS) is 26.1. The molecule has 1 saturated carbocycles. The van der Waals surface area contributed by atoms with Gasteiger partial charge < -0.3 is 4.90 Å². The number of thioether (sulfide) groups is 1. The molecule has 0 spiro atoms. The molecule has 0 bridgehead atoms. The molecule has 106 valence electrons. The lowest BCUT2D eigenvalue weighted by molar-refractivity contribution is 0.224. The van der Waals surface area contributed by atoms with Crippen molar-refractivity contribution in [1.29, 1.82) is 0 Å². The second-order valence-electron chi connectivity index (χ2n) is 5.93. The molecular formula is C13H23N5S. The van der Waals surface area contributed by atoms with E-state index in [0.717, 1.165) is 16.8 Å². The van der Waals surface area contributed by atoms with Crippen LogP contribution in [0.3, 0.4) is 0 Å². The minimum absolute atomic E-state index is 0.548. The highest BCUT2D eigenvalue weighted by atomic mass is 32.2. The van der Waals surface area contributed by atoms with Gasteiger partial charge >= 0.3 is 0 Å². The largest absolute Gasteiger partial charge is 0.306 e. The van der Waals surface area contributed by atoms with E-state index >= 15 is 0 Å². The van der Waals surface area contributed by atoms with E-state index in [9.17, 15) is 0 Å². The smallest absolute Gasteiger partial charge is 0.209 e. The number of likely N-dealkylation sites (tertiary alicyclic amines) is 1. The van der Waals surface area contributed by atoms with E-state index < -0.39 is 0 Å². The van der Waals surface area contributed by atoms with Crippen molar-refractivity contribution in [3.63, 3.8) is 0 Å². The van der Waals surface area contributed by atoms with E-state index in [0.29, 0.717) is 6.04 Å². The summed E-state index contributed by atoms with van der Waals surface area (Å²) < 4.78 is 2.07. The summed E-state index contributed by atoms with van der Waals surface area (Å²) in [5, 5.41) is 13.3. The van der Waals surface area contributed by atoms with Crippen molar-refractivity contribution < 1.29 is 0 Å². The van der Waals surface area contributed by atoms with E-state index in [-0.39, 0.29) is 0 Å². The summed E-state index contributed by atoms with van der Waals surface area (Å²) in [6.45, 7) is 2.47. The molecule has 1 atom stereocenters. The van der Waals surface area contributed by atoms with Crippen LogP contribution in [0.15, 0.2) is 5.16 Å². The summed E-state index contributed by atoms with van der Waals surface area (Å²) in [6, 6.07) is 0.548. The van der Waals surface area contributed by atoms with Gasteiger partial charge in [-0.05, 0) is 55.6 Å². The number of piperidine rings is 1. The molecule has 6 heteroatoms. The monoisotopic (exact) mass is 281 g/mol. The van der Waals surface area contributed by atoms with Gasteiger partial charge in [-0.2, -0.15) is 0 Å². The zero-order valence-electron chi connectivity index (χ0n) is 11.7. The lowest BCUT2D eigenvalue weighted by atomic mass is 10.0. The first-order chi connectivity index (χ1) is 9.33. The first-order valence-electron chi connectivity index (χ1n) is 7.42. The molecule has 1 aliphatic heterocycles. The third-order valence-electron chi connectivity index (χ3n) is 4.30. The first kappa shape index (κ1) is 13.4. The van der Waals surface area contributed by atoms with Gasteiger partial charge in [0.1, 0.15) is 0 Å². The molecule has 0 aromatic carbocycles. The molecule has 2 fully saturated rings. The summed E-state index contributed by atoms with van der Waals surface area (Å²) in [6.07, 6.45) is 7.80. The zero-order valence-corrected chi connectivity index (χ0v) is 12.5. The Bertz CT molecular complexity index is 401. The summed E-state index contributed by atoms with van der Waals surface area (Å²) in [5.41, 5.74) is 0. The molecule has 2 heterocycles. The van der Waals surface area contributed by atoms with Gasteiger partial charge in [0.15, 0.2) is 0 Å². The van der Waals surface area contributed by atoms with Crippen molar-refractivity contribution in [2.24, 2.45) is 5.92 Å². The maximum absolute atomic E-state index is 4.22. The molecular weight excluding hydrogens is 258 g/mol. The van der Waals surface area contributed by atoms with Crippen molar-refractivity contribution in [2.75, 3.05) is 25.9 Å². The second-order valence-corrected chi connectivity index (χ2v) is 6.91. The SMILES string of the molecule is CN1CCCC(CSc2nnnn2C2CCCC2)C1. The molecule has 19 heavy (non-hydrogen) atoms. The van der Waals surface area contributed by atoms with E-state index in [4.69, 9.17) is 0 Å². The Labute approximate surface area is 119 Å². The lowest BCUT2D eigenvalue weighted by Gasteiger charge is -2.29. The Morgan fingerprint density at radius 2 is 2.05 bits per heavy atom. The number of tetrazole rings is 1. The van der Waals surface area contributed by atoms with Crippen LogP contribution in [-0.2, 0) is 0 Å². The molecule has 0 amide bonds. The number of aromatic nitrogens is 4. The van der Waals surface area contributed by atoms with Crippen molar-refractivity contribution in [1.82, 2.24) is 25.1 Å². The maximum atomic E-state index is 4.22. The van der Waals surface area contributed by atoms with Gasteiger partial charge in [0.05, 0.1) is 6.04 Å². The fraction of sp³-hybridized carbons (Fsp3) is 0.923. The van der Waals surface area contributed by atoms with Crippen molar-refractivity contribution in [3.05, 3.63) is 0 Å². The van der Waals surface area contributed by atoms with Crippen LogP contribution in [0.4, 0.5) is 0 Å². The molecule has 1 unspecified atom stereocenters. The maximum Gasteiger partial charge on any atom is 0.209 e. The Morgan fingerprint density at radius 3 is 2.84 bits per heavy atom. The van der Waals surface area contributed by atoms with Crippen LogP contribution in [0.5, 0.6) is 0 Å². The van der Waals surface area contributed by atoms with Crippen LogP contribution < -0.4 is 0 Å². The average Bonchev–Trinajstić information content (AvgIpc) is 3.07. The Balaban J connectivity index is 1.56. The lowest BCUT2D eigenvalue weighted by Crippen LogP contribution is -2.33. The molecule has 1 saturated heterocycles. The standard InChI is InChI=1S/C13H23N5S/c1-17-8-4-5-11(9-17)10-19-13-14-15-16-18(13)12-6-2-3-7-12/h11-12H,2-10H2,1H3. The Hall–Kier alpha value is -0.620. The minimum Gasteiger partial charge on any atom is -0.306 e. The highest BCUT2D eigenvalue weighted by molar-refractivity contribution is 7.99. The van der Waals surface area contributed by atoms with Gasteiger partial charge in [0.2, 0.25) is 5.16 Å². The number of nitrogens with zero attached hydrogens (tertiary/aromatic N) is 5. The summed E-state index contributed by atoms with van der Waals surface area (Å²) >= 11 is 1.85. The van der Waals surface area contributed by atoms with Crippen molar-refractivity contribution in [2.45, 2.75) is 49.7 Å². The van der Waals surface area contributed by atoms with E-state index in [1.54, 1.807) is 0 Å². The molecule has 0 N–H and O–H groups in total. The number of hydrogen-bond acceptors (Lipinski definition) is 5. The molecule has 1 aromatic heterocycles. The molecule has 3 rings (SSSR count). The van der Waals surface area contributed by atoms with Crippen LogP contribution in [0.2, 0.25) is 0 Å². The van der Waals surface area contributed by atoms with Gasteiger partial charge in [-0.3, -0.25) is 0 Å². The Kier molecular flexibility index (Phi) is 4.38. The Morgan fingerprint density at radius 1 is 1.21 bits per heavy atom. The minimum atomic E-state index is 0.548. The second kappa shape index (κ2) is 6.22. The predicted molar refractivity (Wildman–Crippen MR) is 76.3 cm³/mol. The first-order valence-corrected chi connectivity index (χ1v) is 8.40. The predicted octanol–water partition coefficient (Wildman–Crippen LogP) is 2.22. The molecule has 0 radical (unpaired) electrons. The molecule has 1 aliphatic carbocycles. The van der Waals surface area contributed by atoms with E-state index in [1.165, 1.54) is 51.6 Å². The average molecular weight is 281 g/mol. The van der Waals surface area contributed by atoms with Crippen LogP contribution in [0, 0.1) is 5.92 Å². The molecule has 2 aliphatic rings. The number of hydrogen-bond donors (Lipinski definition) is 0. The highest BCUT2D eigenvalue weighted by Gasteiger charge is 2.23. The fourth-order valence-corrected chi connectivity index (χ4v) is 4.33. The third-order valence-corrected chi connectivity index (χ3v) is 5.47. The van der Waals surface area contributed by atoms with Gasteiger partial charge in [0, 0.05) is 12.3 Å². The van der Waals surface area contributed by atoms with Crippen molar-refractivity contribution >= 4 is 11.8 Å². The van der Waals surface area contributed by atoms with Gasteiger partial charge in [-0.15, -0.1) is 5.10 Å². The molecule has 5 nitrogen and oxygen atoms in total. The quantitative estimate of drug-likeness (QED) is 0.792. The van der Waals surface area contributed by atoms with E-state index in [1.807, 2.05) is 11.8 Å². The third kappa shape index (κ3) is 3.28. The topological polar surface area (TPSA) is 46.8 Å². The van der Waals surface area contributed by atoms with Gasteiger partial charge in [-0.25, -0.2) is 4.68 Å². The van der Waals surface area contributed by atoms with Crippen LogP contribution in [0.1, 0.15) is 44.6 Å². The van der Waals surface area contributed by atoms with Crippen molar-refractivity contribution in [3.8, 4) is 0 Å². The van der Waals surface area contributed by atoms with Crippen LogP contribution in [0.25, 0.3) is 0 Å².